The fourth-order valence-electron chi connectivity index (χ4n) is 1.17. The molecule has 0 aliphatic carbocycles. The summed E-state index contributed by atoms with van der Waals surface area (Å²) in [4.78, 5) is 6.76. The molecular weight excluding hydrogens is 166 g/mol. The molecule has 2 rings (SSSR count). The van der Waals surface area contributed by atoms with Gasteiger partial charge in [-0.2, -0.15) is 0 Å². The lowest BCUT2D eigenvalue weighted by molar-refractivity contribution is 0.477. The number of hydrogen-bond acceptors (Lipinski definition) is 3. The molecule has 1 heterocycles. The number of nitrogens with one attached hydrogen (secondary N) is 1. The van der Waals surface area contributed by atoms with Gasteiger partial charge in [-0.1, -0.05) is 0 Å². The molecule has 0 fully saturated rings. The largest absolute Gasteiger partial charge is 0.507 e. The number of benzene rings is 1. The van der Waals surface area contributed by atoms with Crippen LogP contribution in [-0.4, -0.2) is 15.1 Å². The molecular formula is C9H9N3O. The van der Waals surface area contributed by atoms with Gasteiger partial charge in [0.05, 0.1) is 18.2 Å². The molecule has 0 spiro atoms. The van der Waals surface area contributed by atoms with E-state index < -0.39 is 0 Å². The van der Waals surface area contributed by atoms with Gasteiger partial charge in [0.15, 0.2) is 0 Å². The zero-order chi connectivity index (χ0) is 9.26. The van der Waals surface area contributed by atoms with Crippen molar-refractivity contribution in [3.8, 4) is 17.0 Å². The average molecular weight is 175 g/mol. The third-order valence-corrected chi connectivity index (χ3v) is 1.81. The van der Waals surface area contributed by atoms with Crippen LogP contribution in [0.2, 0.25) is 0 Å². The Morgan fingerprint density at radius 3 is 2.92 bits per heavy atom. The number of hydrogen-bond donors (Lipinski definition) is 3. The maximum Gasteiger partial charge on any atom is 0.125 e. The topological polar surface area (TPSA) is 74.9 Å². The number of H-pyrrole nitrogens is 1. The summed E-state index contributed by atoms with van der Waals surface area (Å²) in [6.07, 6.45) is 3.19. The number of aromatic hydroxyl groups is 1. The molecule has 4 nitrogen and oxygen atoms in total. The highest BCUT2D eigenvalue weighted by Crippen LogP contribution is 2.28. The Bertz CT molecular complexity index is 409. The maximum atomic E-state index is 9.50. The molecule has 2 aromatic rings. The van der Waals surface area contributed by atoms with Gasteiger partial charge in [-0.05, 0) is 18.2 Å². The number of phenolic OH excluding ortho intramolecular Hbond substituents is 1. The summed E-state index contributed by atoms with van der Waals surface area (Å²) < 4.78 is 0. The predicted molar refractivity (Wildman–Crippen MR) is 50.1 cm³/mol. The number of aromatic nitrogens is 2. The first-order valence-corrected chi connectivity index (χ1v) is 3.84. The molecule has 0 aliphatic heterocycles. The Morgan fingerprint density at radius 2 is 2.23 bits per heavy atom. The first kappa shape index (κ1) is 7.67. The van der Waals surface area contributed by atoms with Gasteiger partial charge in [0.1, 0.15) is 5.75 Å². The predicted octanol–water partition coefficient (Wildman–Crippen LogP) is 1.36. The zero-order valence-electron chi connectivity index (χ0n) is 6.86. The van der Waals surface area contributed by atoms with Gasteiger partial charge in [0.2, 0.25) is 0 Å². The molecule has 1 aromatic heterocycles. The highest BCUT2D eigenvalue weighted by Gasteiger charge is 2.04. The van der Waals surface area contributed by atoms with Gasteiger partial charge in [-0.15, -0.1) is 0 Å². The molecule has 0 saturated carbocycles. The van der Waals surface area contributed by atoms with E-state index in [9.17, 15) is 5.11 Å². The number of rotatable bonds is 1. The highest BCUT2D eigenvalue weighted by molar-refractivity contribution is 5.70. The minimum atomic E-state index is 0.193. The van der Waals surface area contributed by atoms with Crippen molar-refractivity contribution in [2.45, 2.75) is 0 Å². The Morgan fingerprint density at radius 1 is 1.38 bits per heavy atom. The van der Waals surface area contributed by atoms with Crippen LogP contribution in [0.15, 0.2) is 30.7 Å². The van der Waals surface area contributed by atoms with E-state index in [4.69, 9.17) is 5.73 Å². The molecule has 0 aliphatic rings. The minimum Gasteiger partial charge on any atom is -0.507 e. The van der Waals surface area contributed by atoms with E-state index >= 15 is 0 Å². The minimum absolute atomic E-state index is 0.193. The van der Waals surface area contributed by atoms with E-state index in [1.165, 1.54) is 0 Å². The summed E-state index contributed by atoms with van der Waals surface area (Å²) in [5.74, 6) is 0.193. The van der Waals surface area contributed by atoms with Crippen LogP contribution in [0.3, 0.4) is 0 Å². The van der Waals surface area contributed by atoms with Gasteiger partial charge in [-0.25, -0.2) is 4.98 Å². The maximum absolute atomic E-state index is 9.50. The molecule has 0 radical (unpaired) electrons. The van der Waals surface area contributed by atoms with Gasteiger partial charge >= 0.3 is 0 Å². The van der Waals surface area contributed by atoms with Crippen molar-refractivity contribution in [1.82, 2.24) is 9.97 Å². The van der Waals surface area contributed by atoms with Crippen molar-refractivity contribution >= 4 is 5.69 Å². The number of nitrogens with zero attached hydrogens (tertiary/aromatic N) is 1. The first-order valence-electron chi connectivity index (χ1n) is 3.84. The average Bonchev–Trinajstić information content (AvgIpc) is 2.61. The lowest BCUT2D eigenvalue weighted by Crippen LogP contribution is -1.86. The normalized spacial score (nSPS) is 10.2. The number of anilines is 1. The molecule has 0 atom stereocenters. The summed E-state index contributed by atoms with van der Waals surface area (Å²) in [5, 5.41) is 9.50. The molecule has 4 N–H and O–H groups in total. The second-order valence-corrected chi connectivity index (χ2v) is 2.74. The lowest BCUT2D eigenvalue weighted by Gasteiger charge is -2.02. The van der Waals surface area contributed by atoms with Crippen molar-refractivity contribution in [2.75, 3.05) is 5.73 Å². The fraction of sp³-hybridized carbons (Fsp3) is 0. The fourth-order valence-corrected chi connectivity index (χ4v) is 1.17. The molecule has 13 heavy (non-hydrogen) atoms. The third kappa shape index (κ3) is 1.33. The van der Waals surface area contributed by atoms with Crippen LogP contribution in [0.4, 0.5) is 5.69 Å². The summed E-state index contributed by atoms with van der Waals surface area (Å²) in [5.41, 5.74) is 7.62. The number of imidazole rings is 1. The summed E-state index contributed by atoms with van der Waals surface area (Å²) in [6, 6.07) is 4.91. The third-order valence-electron chi connectivity index (χ3n) is 1.81. The number of nitrogens with two attached hydrogens (primary N) is 1. The molecule has 1 aromatic carbocycles. The van der Waals surface area contributed by atoms with Crippen molar-refractivity contribution < 1.29 is 5.11 Å². The van der Waals surface area contributed by atoms with Crippen LogP contribution < -0.4 is 5.73 Å². The van der Waals surface area contributed by atoms with E-state index in [2.05, 4.69) is 9.97 Å². The van der Waals surface area contributed by atoms with Crippen LogP contribution in [0, 0.1) is 0 Å². The van der Waals surface area contributed by atoms with Crippen molar-refractivity contribution in [3.05, 3.63) is 30.7 Å². The van der Waals surface area contributed by atoms with Crippen molar-refractivity contribution in [2.24, 2.45) is 0 Å². The Hall–Kier alpha value is -1.97. The van der Waals surface area contributed by atoms with Crippen LogP contribution in [0.1, 0.15) is 0 Å². The smallest absolute Gasteiger partial charge is 0.125 e. The van der Waals surface area contributed by atoms with Gasteiger partial charge in [0.25, 0.3) is 0 Å². The molecule has 0 bridgehead atoms. The molecule has 0 saturated heterocycles. The molecule has 0 amide bonds. The standard InChI is InChI=1S/C9H9N3O/c10-6-1-2-9(13)7(3-6)8-4-11-5-12-8/h1-5,13H,10H2,(H,11,12). The Balaban J connectivity index is 2.57. The monoisotopic (exact) mass is 175 g/mol. The number of phenols is 1. The van der Waals surface area contributed by atoms with E-state index in [0.717, 1.165) is 5.69 Å². The second kappa shape index (κ2) is 2.82. The van der Waals surface area contributed by atoms with E-state index in [0.29, 0.717) is 11.3 Å². The summed E-state index contributed by atoms with van der Waals surface area (Å²) >= 11 is 0. The molecule has 4 heteroatoms. The quantitative estimate of drug-likeness (QED) is 0.452. The number of aromatic amines is 1. The van der Waals surface area contributed by atoms with Crippen molar-refractivity contribution in [1.29, 1.82) is 0 Å². The van der Waals surface area contributed by atoms with E-state index in [1.807, 2.05) is 0 Å². The Labute approximate surface area is 75.1 Å². The van der Waals surface area contributed by atoms with Crippen LogP contribution in [-0.2, 0) is 0 Å². The SMILES string of the molecule is Nc1ccc(O)c(-c2cnc[nH]2)c1. The molecule has 0 unspecified atom stereocenters. The Kier molecular flexibility index (Phi) is 1.66. The van der Waals surface area contributed by atoms with Crippen LogP contribution >= 0.6 is 0 Å². The van der Waals surface area contributed by atoms with E-state index in [1.54, 1.807) is 30.7 Å². The lowest BCUT2D eigenvalue weighted by atomic mass is 10.1. The van der Waals surface area contributed by atoms with E-state index in [-0.39, 0.29) is 5.75 Å². The van der Waals surface area contributed by atoms with Crippen LogP contribution in [0.5, 0.6) is 5.75 Å². The second-order valence-electron chi connectivity index (χ2n) is 2.74. The summed E-state index contributed by atoms with van der Waals surface area (Å²) in [7, 11) is 0. The summed E-state index contributed by atoms with van der Waals surface area (Å²) in [6.45, 7) is 0. The van der Waals surface area contributed by atoms with Gasteiger partial charge in [-0.3, -0.25) is 0 Å². The van der Waals surface area contributed by atoms with Crippen LogP contribution in [0.25, 0.3) is 11.3 Å². The first-order chi connectivity index (χ1) is 6.27. The van der Waals surface area contributed by atoms with Crippen molar-refractivity contribution in [3.63, 3.8) is 0 Å². The highest BCUT2D eigenvalue weighted by atomic mass is 16.3. The van der Waals surface area contributed by atoms with Gasteiger partial charge < -0.3 is 15.8 Å². The van der Waals surface area contributed by atoms with Gasteiger partial charge in [0, 0.05) is 11.3 Å². The number of nitrogen functional groups attached to an aromatic ring is 1. The zero-order valence-corrected chi connectivity index (χ0v) is 6.86. The molecule has 66 valence electrons.